The first-order chi connectivity index (χ1) is 11.8. The van der Waals surface area contributed by atoms with E-state index in [9.17, 15) is 23.1 Å². The van der Waals surface area contributed by atoms with E-state index in [2.05, 4.69) is 5.10 Å². The van der Waals surface area contributed by atoms with Crippen LogP contribution >= 0.6 is 0 Å². The monoisotopic (exact) mass is 353 g/mol. The molecule has 2 aromatic rings. The van der Waals surface area contributed by atoms with E-state index in [1.165, 1.54) is 4.90 Å². The molecule has 1 aliphatic rings. The minimum absolute atomic E-state index is 0.0105. The molecule has 0 unspecified atom stereocenters. The Labute approximate surface area is 142 Å². The Bertz CT molecular complexity index is 730. The molecule has 1 saturated heterocycles. The van der Waals surface area contributed by atoms with Gasteiger partial charge in [-0.3, -0.25) is 9.89 Å². The third-order valence-electron chi connectivity index (χ3n) is 4.45. The predicted molar refractivity (Wildman–Crippen MR) is 83.8 cm³/mol. The molecule has 0 saturated carbocycles. The molecule has 134 valence electrons. The van der Waals surface area contributed by atoms with E-state index in [1.54, 1.807) is 0 Å². The number of hydrogen-bond donors (Lipinski definition) is 2. The largest absolute Gasteiger partial charge is 0.432 e. The van der Waals surface area contributed by atoms with Gasteiger partial charge in [0.2, 0.25) is 0 Å². The Morgan fingerprint density at radius 1 is 1.32 bits per heavy atom. The van der Waals surface area contributed by atoms with Gasteiger partial charge in [-0.1, -0.05) is 30.3 Å². The molecule has 2 heterocycles. The Hall–Kier alpha value is -2.35. The van der Waals surface area contributed by atoms with Crippen molar-refractivity contribution in [2.45, 2.75) is 25.1 Å². The van der Waals surface area contributed by atoms with E-state index >= 15 is 0 Å². The molecule has 5 nitrogen and oxygen atoms in total. The maximum Gasteiger partial charge on any atom is 0.432 e. The minimum atomic E-state index is -4.58. The standard InChI is InChI=1S/C17H18F3N3O2/c18-17(19,20)15-9-13(21-22-15)16(25)23-7-6-12(14(24)10-23)8-11-4-2-1-3-5-11/h1-5,9,12,14,24H,6-8,10H2,(H,21,22)/t12-,14+/m1/s1. The zero-order valence-corrected chi connectivity index (χ0v) is 13.3. The number of carbonyl (C=O) groups excluding carboxylic acids is 1. The lowest BCUT2D eigenvalue weighted by Crippen LogP contribution is -2.47. The van der Waals surface area contributed by atoms with E-state index in [4.69, 9.17) is 0 Å². The molecule has 0 spiro atoms. The summed E-state index contributed by atoms with van der Waals surface area (Å²) in [4.78, 5) is 13.7. The van der Waals surface area contributed by atoms with Crippen LogP contribution < -0.4 is 0 Å². The molecule has 2 N–H and O–H groups in total. The van der Waals surface area contributed by atoms with Gasteiger partial charge in [0.15, 0.2) is 5.69 Å². The fourth-order valence-corrected chi connectivity index (χ4v) is 3.06. The normalized spacial score (nSPS) is 21.4. The molecule has 1 aromatic carbocycles. The van der Waals surface area contributed by atoms with Crippen LogP contribution in [0.4, 0.5) is 13.2 Å². The van der Waals surface area contributed by atoms with Gasteiger partial charge in [-0.15, -0.1) is 0 Å². The Morgan fingerprint density at radius 3 is 2.64 bits per heavy atom. The topological polar surface area (TPSA) is 69.2 Å². The number of halogens is 3. The van der Waals surface area contributed by atoms with Crippen molar-refractivity contribution in [1.29, 1.82) is 0 Å². The number of nitrogens with zero attached hydrogens (tertiary/aromatic N) is 2. The van der Waals surface area contributed by atoms with E-state index in [-0.39, 0.29) is 18.2 Å². The van der Waals surface area contributed by atoms with Gasteiger partial charge in [0, 0.05) is 19.2 Å². The van der Waals surface area contributed by atoms with Crippen LogP contribution in [-0.4, -0.2) is 45.3 Å². The van der Waals surface area contributed by atoms with E-state index in [0.29, 0.717) is 25.5 Å². The van der Waals surface area contributed by atoms with Gasteiger partial charge >= 0.3 is 6.18 Å². The SMILES string of the molecule is O=C(c1cc(C(F)(F)F)[nH]n1)N1CC[C@H](Cc2ccccc2)[C@@H](O)C1. The van der Waals surface area contributed by atoms with Crippen molar-refractivity contribution >= 4 is 5.91 Å². The van der Waals surface area contributed by atoms with Crippen LogP contribution in [0.1, 0.15) is 28.2 Å². The average Bonchev–Trinajstić information content (AvgIpc) is 3.07. The number of aromatic nitrogens is 2. The predicted octanol–water partition coefficient (Wildman–Crippen LogP) is 2.49. The lowest BCUT2D eigenvalue weighted by atomic mass is 9.88. The molecule has 8 heteroatoms. The molecular weight excluding hydrogens is 335 g/mol. The van der Waals surface area contributed by atoms with Gasteiger partial charge in [-0.2, -0.15) is 18.3 Å². The third kappa shape index (κ3) is 4.01. The molecule has 25 heavy (non-hydrogen) atoms. The lowest BCUT2D eigenvalue weighted by Gasteiger charge is -2.35. The van der Waals surface area contributed by atoms with Gasteiger partial charge in [-0.25, -0.2) is 0 Å². The third-order valence-corrected chi connectivity index (χ3v) is 4.45. The molecule has 0 bridgehead atoms. The number of amides is 1. The molecule has 2 atom stereocenters. The maximum absolute atomic E-state index is 12.6. The summed E-state index contributed by atoms with van der Waals surface area (Å²) in [6.07, 6.45) is -4.02. The first-order valence-corrected chi connectivity index (χ1v) is 7.98. The molecule has 1 aromatic heterocycles. The van der Waals surface area contributed by atoms with E-state index in [1.807, 2.05) is 35.4 Å². The summed E-state index contributed by atoms with van der Waals surface area (Å²) in [6, 6.07) is 10.4. The van der Waals surface area contributed by atoms with Crippen molar-refractivity contribution < 1.29 is 23.1 Å². The summed E-state index contributed by atoms with van der Waals surface area (Å²) >= 11 is 0. The number of carbonyl (C=O) groups is 1. The summed E-state index contributed by atoms with van der Waals surface area (Å²) in [7, 11) is 0. The number of alkyl halides is 3. The fraction of sp³-hybridized carbons (Fsp3) is 0.412. The first-order valence-electron chi connectivity index (χ1n) is 7.98. The maximum atomic E-state index is 12.6. The summed E-state index contributed by atoms with van der Waals surface area (Å²) < 4.78 is 37.8. The van der Waals surface area contributed by atoms with Crippen molar-refractivity contribution in [2.75, 3.05) is 13.1 Å². The van der Waals surface area contributed by atoms with Crippen LogP contribution in [0.5, 0.6) is 0 Å². The van der Waals surface area contributed by atoms with Crippen LogP contribution in [0, 0.1) is 5.92 Å². The fourth-order valence-electron chi connectivity index (χ4n) is 3.06. The van der Waals surface area contributed by atoms with Crippen LogP contribution in [0.25, 0.3) is 0 Å². The van der Waals surface area contributed by atoms with Gasteiger partial charge in [0.25, 0.3) is 5.91 Å². The van der Waals surface area contributed by atoms with Crippen molar-refractivity contribution in [3.8, 4) is 0 Å². The average molecular weight is 353 g/mol. The molecule has 1 fully saturated rings. The number of aliphatic hydroxyl groups is 1. The van der Waals surface area contributed by atoms with Gasteiger partial charge in [-0.05, 0) is 24.3 Å². The molecule has 1 amide bonds. The van der Waals surface area contributed by atoms with Crippen molar-refractivity contribution in [2.24, 2.45) is 5.92 Å². The summed E-state index contributed by atoms with van der Waals surface area (Å²) in [5.74, 6) is -0.597. The number of rotatable bonds is 3. The minimum Gasteiger partial charge on any atom is -0.391 e. The Morgan fingerprint density at radius 2 is 2.04 bits per heavy atom. The highest BCUT2D eigenvalue weighted by Gasteiger charge is 2.36. The highest BCUT2D eigenvalue weighted by molar-refractivity contribution is 5.92. The van der Waals surface area contributed by atoms with E-state index < -0.39 is 23.9 Å². The first kappa shape index (κ1) is 17.5. The molecule has 0 aliphatic carbocycles. The second kappa shape index (κ2) is 6.87. The molecule has 1 aliphatic heterocycles. The van der Waals surface area contributed by atoms with Crippen LogP contribution in [0.15, 0.2) is 36.4 Å². The zero-order valence-electron chi connectivity index (χ0n) is 13.3. The molecule has 3 rings (SSSR count). The number of aromatic amines is 1. The number of H-pyrrole nitrogens is 1. The van der Waals surface area contributed by atoms with Gasteiger partial charge in [0.05, 0.1) is 6.10 Å². The second-order valence-electron chi connectivity index (χ2n) is 6.22. The smallest absolute Gasteiger partial charge is 0.391 e. The Balaban J connectivity index is 1.62. The summed E-state index contributed by atoms with van der Waals surface area (Å²) in [5, 5.41) is 15.6. The summed E-state index contributed by atoms with van der Waals surface area (Å²) in [5.41, 5.74) is -0.246. The number of piperidine rings is 1. The van der Waals surface area contributed by atoms with Gasteiger partial charge in [0.1, 0.15) is 5.69 Å². The summed E-state index contributed by atoms with van der Waals surface area (Å²) in [6.45, 7) is 0.464. The Kier molecular flexibility index (Phi) is 4.80. The zero-order chi connectivity index (χ0) is 18.0. The van der Waals surface area contributed by atoms with Gasteiger partial charge < -0.3 is 10.0 Å². The van der Waals surface area contributed by atoms with Crippen LogP contribution in [0.2, 0.25) is 0 Å². The van der Waals surface area contributed by atoms with Crippen LogP contribution in [-0.2, 0) is 12.6 Å². The highest BCUT2D eigenvalue weighted by atomic mass is 19.4. The van der Waals surface area contributed by atoms with Crippen LogP contribution in [0.3, 0.4) is 0 Å². The number of aliphatic hydroxyl groups excluding tert-OH is 1. The number of benzene rings is 1. The number of likely N-dealkylation sites (tertiary alicyclic amines) is 1. The van der Waals surface area contributed by atoms with Crippen molar-refractivity contribution in [3.05, 3.63) is 53.3 Å². The van der Waals surface area contributed by atoms with Crippen molar-refractivity contribution in [1.82, 2.24) is 15.1 Å². The molecular formula is C17H18F3N3O2. The number of β-amino-alcohol motifs (C(OH)–C–C–N with tert-alkyl or cyclic N) is 1. The second-order valence-corrected chi connectivity index (χ2v) is 6.22. The number of nitrogens with one attached hydrogen (secondary N) is 1. The van der Waals surface area contributed by atoms with E-state index in [0.717, 1.165) is 5.56 Å². The van der Waals surface area contributed by atoms with Crippen molar-refractivity contribution in [3.63, 3.8) is 0 Å². The number of hydrogen-bond acceptors (Lipinski definition) is 3. The lowest BCUT2D eigenvalue weighted by molar-refractivity contribution is -0.141. The molecule has 0 radical (unpaired) electrons. The quantitative estimate of drug-likeness (QED) is 0.891. The highest BCUT2D eigenvalue weighted by Crippen LogP contribution is 2.28.